The van der Waals surface area contributed by atoms with E-state index in [0.29, 0.717) is 15.4 Å². The molecule has 2 rings (SSSR count). The molecular formula is C11H9BrN2O4. The van der Waals surface area contributed by atoms with Crippen LogP contribution in [0, 0.1) is 10.1 Å². The molecule has 18 heavy (non-hydrogen) atoms. The zero-order valence-electron chi connectivity index (χ0n) is 9.40. The molecule has 7 heteroatoms. The van der Waals surface area contributed by atoms with Crippen molar-refractivity contribution in [2.75, 3.05) is 6.61 Å². The Morgan fingerprint density at radius 2 is 2.28 bits per heavy atom. The van der Waals surface area contributed by atoms with E-state index in [9.17, 15) is 14.9 Å². The molecule has 0 fully saturated rings. The van der Waals surface area contributed by atoms with E-state index in [2.05, 4.69) is 20.9 Å². The van der Waals surface area contributed by atoms with Crippen molar-refractivity contribution >= 4 is 38.5 Å². The topological polar surface area (TPSA) is 85.2 Å². The summed E-state index contributed by atoms with van der Waals surface area (Å²) in [4.78, 5) is 24.7. The number of rotatable bonds is 3. The van der Waals surface area contributed by atoms with Gasteiger partial charge in [0.2, 0.25) is 0 Å². The van der Waals surface area contributed by atoms with Crippen LogP contribution in [-0.4, -0.2) is 22.5 Å². The lowest BCUT2D eigenvalue weighted by atomic mass is 10.2. The highest BCUT2D eigenvalue weighted by Crippen LogP contribution is 2.33. The first-order valence-corrected chi connectivity index (χ1v) is 5.96. The van der Waals surface area contributed by atoms with Crippen molar-refractivity contribution in [1.29, 1.82) is 0 Å². The van der Waals surface area contributed by atoms with Gasteiger partial charge in [-0.15, -0.1) is 0 Å². The maximum Gasteiger partial charge on any atom is 0.354 e. The number of hydrogen-bond acceptors (Lipinski definition) is 4. The van der Waals surface area contributed by atoms with Gasteiger partial charge in [-0.3, -0.25) is 10.1 Å². The molecule has 0 aliphatic rings. The third kappa shape index (κ3) is 2.08. The van der Waals surface area contributed by atoms with E-state index < -0.39 is 10.9 Å². The minimum atomic E-state index is -0.529. The van der Waals surface area contributed by atoms with Crippen molar-refractivity contribution in [3.05, 3.63) is 38.5 Å². The first-order valence-electron chi connectivity index (χ1n) is 5.17. The van der Waals surface area contributed by atoms with Crippen molar-refractivity contribution < 1.29 is 14.5 Å². The number of nitro benzene ring substituents is 1. The molecule has 0 amide bonds. The van der Waals surface area contributed by atoms with Gasteiger partial charge in [-0.2, -0.15) is 0 Å². The fraction of sp³-hybridized carbons (Fsp3) is 0.182. The number of fused-ring (bicyclic) bond motifs is 1. The Labute approximate surface area is 110 Å². The third-order valence-electron chi connectivity index (χ3n) is 2.40. The molecule has 1 N–H and O–H groups in total. The molecule has 0 unspecified atom stereocenters. The number of H-pyrrole nitrogens is 1. The lowest BCUT2D eigenvalue weighted by molar-refractivity contribution is -0.384. The number of halogens is 1. The fourth-order valence-electron chi connectivity index (χ4n) is 1.66. The zero-order chi connectivity index (χ0) is 13.3. The molecule has 0 atom stereocenters. The largest absolute Gasteiger partial charge is 0.461 e. The van der Waals surface area contributed by atoms with Gasteiger partial charge in [0.1, 0.15) is 11.2 Å². The van der Waals surface area contributed by atoms with Crippen LogP contribution in [0.4, 0.5) is 5.69 Å². The summed E-state index contributed by atoms with van der Waals surface area (Å²) in [6.45, 7) is 1.94. The molecule has 1 heterocycles. The molecular weight excluding hydrogens is 304 g/mol. The van der Waals surface area contributed by atoms with E-state index in [-0.39, 0.29) is 18.0 Å². The van der Waals surface area contributed by atoms with Crippen LogP contribution < -0.4 is 0 Å². The summed E-state index contributed by atoms with van der Waals surface area (Å²) in [7, 11) is 0. The first-order chi connectivity index (χ1) is 8.54. The standard InChI is InChI=1S/C11H9BrN2O4/c1-2-18-11(15)8-5-6-3-4-7(12)10(14(16)17)9(6)13-8/h3-5,13H,2H2,1H3. The molecule has 0 saturated carbocycles. The lowest BCUT2D eigenvalue weighted by Gasteiger charge is -1.97. The second kappa shape index (κ2) is 4.77. The van der Waals surface area contributed by atoms with Gasteiger partial charge >= 0.3 is 11.7 Å². The van der Waals surface area contributed by atoms with Crippen LogP contribution in [-0.2, 0) is 4.74 Å². The molecule has 0 aliphatic carbocycles. The highest BCUT2D eigenvalue weighted by atomic mass is 79.9. The van der Waals surface area contributed by atoms with Crippen molar-refractivity contribution in [2.45, 2.75) is 6.92 Å². The molecule has 0 radical (unpaired) electrons. The Hall–Kier alpha value is -1.89. The number of aromatic nitrogens is 1. The number of aromatic amines is 1. The zero-order valence-corrected chi connectivity index (χ0v) is 11.0. The van der Waals surface area contributed by atoms with Crippen LogP contribution in [0.3, 0.4) is 0 Å². The monoisotopic (exact) mass is 312 g/mol. The fourth-order valence-corrected chi connectivity index (χ4v) is 2.13. The molecule has 2 aromatic rings. The molecule has 0 aliphatic heterocycles. The number of carbonyl (C=O) groups is 1. The Balaban J connectivity index is 2.61. The normalized spacial score (nSPS) is 10.6. The summed E-state index contributed by atoms with van der Waals surface area (Å²) in [5, 5.41) is 11.6. The van der Waals surface area contributed by atoms with Crippen LogP contribution in [0.2, 0.25) is 0 Å². The quantitative estimate of drug-likeness (QED) is 0.536. The van der Waals surface area contributed by atoms with E-state index in [1.54, 1.807) is 19.1 Å². The number of nitrogens with one attached hydrogen (secondary N) is 1. The van der Waals surface area contributed by atoms with Gasteiger partial charge in [0.05, 0.1) is 16.0 Å². The average molecular weight is 313 g/mol. The van der Waals surface area contributed by atoms with Gasteiger partial charge in [-0.05, 0) is 35.0 Å². The smallest absolute Gasteiger partial charge is 0.354 e. The van der Waals surface area contributed by atoms with Crippen LogP contribution in [0.5, 0.6) is 0 Å². The van der Waals surface area contributed by atoms with Crippen molar-refractivity contribution in [3.8, 4) is 0 Å². The molecule has 6 nitrogen and oxygen atoms in total. The number of nitrogens with zero attached hydrogens (tertiary/aromatic N) is 1. The minimum absolute atomic E-state index is 0.0944. The second-order valence-electron chi connectivity index (χ2n) is 3.52. The number of benzene rings is 1. The highest BCUT2D eigenvalue weighted by molar-refractivity contribution is 9.10. The van der Waals surface area contributed by atoms with Gasteiger partial charge in [-0.1, -0.05) is 6.07 Å². The summed E-state index contributed by atoms with van der Waals surface area (Å²) in [6.07, 6.45) is 0. The van der Waals surface area contributed by atoms with E-state index in [4.69, 9.17) is 4.74 Å². The number of nitro groups is 1. The second-order valence-corrected chi connectivity index (χ2v) is 4.38. The SMILES string of the molecule is CCOC(=O)c1cc2ccc(Br)c([N+](=O)[O-])c2[nH]1. The van der Waals surface area contributed by atoms with E-state index in [1.807, 2.05) is 0 Å². The number of esters is 1. The van der Waals surface area contributed by atoms with Gasteiger partial charge in [0.15, 0.2) is 0 Å². The van der Waals surface area contributed by atoms with E-state index in [0.717, 1.165) is 0 Å². The maximum absolute atomic E-state index is 11.5. The molecule has 0 saturated heterocycles. The first kappa shape index (κ1) is 12.6. The average Bonchev–Trinajstić information content (AvgIpc) is 2.72. The number of carbonyl (C=O) groups excluding carboxylic acids is 1. The van der Waals surface area contributed by atoms with E-state index >= 15 is 0 Å². The summed E-state index contributed by atoms with van der Waals surface area (Å²) in [5.41, 5.74) is 0.411. The molecule has 1 aromatic carbocycles. The Bertz CT molecular complexity index is 635. The predicted octanol–water partition coefficient (Wildman–Crippen LogP) is 3.02. The Kier molecular flexibility index (Phi) is 3.33. The van der Waals surface area contributed by atoms with Crippen molar-refractivity contribution in [2.24, 2.45) is 0 Å². The van der Waals surface area contributed by atoms with Crippen molar-refractivity contribution in [1.82, 2.24) is 4.98 Å². The highest BCUT2D eigenvalue weighted by Gasteiger charge is 2.20. The lowest BCUT2D eigenvalue weighted by Crippen LogP contribution is -2.04. The maximum atomic E-state index is 11.5. The minimum Gasteiger partial charge on any atom is -0.461 e. The Morgan fingerprint density at radius 1 is 1.56 bits per heavy atom. The van der Waals surface area contributed by atoms with Gasteiger partial charge in [0.25, 0.3) is 0 Å². The van der Waals surface area contributed by atoms with Gasteiger partial charge in [0, 0.05) is 5.39 Å². The number of ether oxygens (including phenoxy) is 1. The molecule has 0 bridgehead atoms. The summed E-state index contributed by atoms with van der Waals surface area (Å²) in [5.74, 6) is -0.529. The predicted molar refractivity (Wildman–Crippen MR) is 68.6 cm³/mol. The van der Waals surface area contributed by atoms with Gasteiger partial charge in [-0.25, -0.2) is 4.79 Å². The molecule has 1 aromatic heterocycles. The Morgan fingerprint density at radius 3 is 2.89 bits per heavy atom. The summed E-state index contributed by atoms with van der Waals surface area (Å²) >= 11 is 3.12. The molecule has 0 spiro atoms. The van der Waals surface area contributed by atoms with Crippen LogP contribution in [0.1, 0.15) is 17.4 Å². The molecule has 94 valence electrons. The third-order valence-corrected chi connectivity index (χ3v) is 3.04. The van der Waals surface area contributed by atoms with Crippen LogP contribution >= 0.6 is 15.9 Å². The van der Waals surface area contributed by atoms with Crippen molar-refractivity contribution in [3.63, 3.8) is 0 Å². The summed E-state index contributed by atoms with van der Waals surface area (Å²) in [6, 6.07) is 4.79. The summed E-state index contributed by atoms with van der Waals surface area (Å²) < 4.78 is 5.19. The van der Waals surface area contributed by atoms with Crippen LogP contribution in [0.25, 0.3) is 10.9 Å². The van der Waals surface area contributed by atoms with Crippen LogP contribution in [0.15, 0.2) is 22.7 Å². The van der Waals surface area contributed by atoms with E-state index in [1.165, 1.54) is 6.07 Å². The number of hydrogen-bond donors (Lipinski definition) is 1. The van der Waals surface area contributed by atoms with Gasteiger partial charge < -0.3 is 9.72 Å².